The molecular weight excluding hydrogens is 206 g/mol. The van der Waals surface area contributed by atoms with Crippen molar-refractivity contribution in [2.24, 2.45) is 0 Å². The summed E-state index contributed by atoms with van der Waals surface area (Å²) in [7, 11) is 1.55. The van der Waals surface area contributed by atoms with Gasteiger partial charge in [-0.2, -0.15) is 0 Å². The minimum Gasteiger partial charge on any atom is -0.508 e. The van der Waals surface area contributed by atoms with E-state index in [1.165, 1.54) is 0 Å². The van der Waals surface area contributed by atoms with E-state index in [0.29, 0.717) is 11.4 Å². The first-order valence-corrected chi connectivity index (χ1v) is 3.79. The Hall–Kier alpha value is -1.01. The van der Waals surface area contributed by atoms with Crippen molar-refractivity contribution in [2.75, 3.05) is 7.11 Å². The van der Waals surface area contributed by atoms with Gasteiger partial charge in [0.25, 0.3) is 0 Å². The van der Waals surface area contributed by atoms with Crippen LogP contribution in [-0.2, 0) is 0 Å². The van der Waals surface area contributed by atoms with Crippen molar-refractivity contribution < 1.29 is 4.74 Å². The average Bonchev–Trinajstić information content (AvgIpc) is 2.04. The fourth-order valence-corrected chi connectivity index (χ4v) is 1.21. The Balaban J connectivity index is 3.27. The summed E-state index contributed by atoms with van der Waals surface area (Å²) < 4.78 is 5.74. The van der Waals surface area contributed by atoms with Crippen molar-refractivity contribution in [3.8, 4) is 5.75 Å². The molecule has 0 spiro atoms. The van der Waals surface area contributed by atoms with Crippen LogP contribution in [0.15, 0.2) is 22.7 Å². The molecule has 0 fully saturated rings. The molecule has 0 unspecified atom stereocenters. The van der Waals surface area contributed by atoms with Crippen molar-refractivity contribution >= 4 is 21.6 Å². The van der Waals surface area contributed by atoms with Gasteiger partial charge in [0.2, 0.25) is 5.69 Å². The highest BCUT2D eigenvalue weighted by atomic mass is 79.9. The van der Waals surface area contributed by atoms with Gasteiger partial charge in [0.1, 0.15) is 5.75 Å². The van der Waals surface area contributed by atoms with Gasteiger partial charge in [0.05, 0.1) is 13.7 Å². The lowest BCUT2D eigenvalue weighted by Crippen LogP contribution is -1.81. The maximum absolute atomic E-state index is 6.84. The Morgan fingerprint density at radius 3 is 2.73 bits per heavy atom. The number of para-hydroxylation sites is 1. The number of ether oxygens (including phenoxy) is 1. The first-order valence-electron chi connectivity index (χ1n) is 2.99. The second kappa shape index (κ2) is 3.40. The average molecular weight is 212 g/mol. The van der Waals surface area contributed by atoms with Crippen LogP contribution in [0.5, 0.6) is 5.75 Å². The maximum atomic E-state index is 6.84. The summed E-state index contributed by atoms with van der Waals surface area (Å²) in [5.41, 5.74) is 0.523. The minimum atomic E-state index is 0.523. The quantitative estimate of drug-likeness (QED) is 0.652. The van der Waals surface area contributed by atoms with Crippen LogP contribution >= 0.6 is 15.9 Å². The lowest BCUT2D eigenvalue weighted by atomic mass is 10.3. The smallest absolute Gasteiger partial charge is 0.241 e. The normalized spacial score (nSPS) is 8.82. The van der Waals surface area contributed by atoms with Crippen LogP contribution in [0.25, 0.3) is 4.85 Å². The van der Waals surface area contributed by atoms with E-state index in [1.807, 2.05) is 12.1 Å². The summed E-state index contributed by atoms with van der Waals surface area (Å²) in [5, 5.41) is 0. The van der Waals surface area contributed by atoms with Crippen molar-refractivity contribution in [3.63, 3.8) is 0 Å². The topological polar surface area (TPSA) is 13.6 Å². The highest BCUT2D eigenvalue weighted by Gasteiger charge is 2.04. The Labute approximate surface area is 73.7 Å². The van der Waals surface area contributed by atoms with Gasteiger partial charge in [-0.3, -0.25) is 0 Å². The number of hydrogen-bond donors (Lipinski definition) is 0. The molecular formula is C8H6BrNO. The van der Waals surface area contributed by atoms with E-state index in [2.05, 4.69) is 20.8 Å². The van der Waals surface area contributed by atoms with Gasteiger partial charge in [-0.15, -0.1) is 0 Å². The molecule has 0 saturated carbocycles. The monoisotopic (exact) mass is 211 g/mol. The van der Waals surface area contributed by atoms with Gasteiger partial charge in [0.15, 0.2) is 0 Å². The Morgan fingerprint density at radius 2 is 2.27 bits per heavy atom. The first kappa shape index (κ1) is 8.09. The largest absolute Gasteiger partial charge is 0.508 e. The number of halogens is 1. The van der Waals surface area contributed by atoms with Gasteiger partial charge in [-0.1, -0.05) is 28.1 Å². The summed E-state index contributed by atoms with van der Waals surface area (Å²) in [6.45, 7) is 6.84. The standard InChI is InChI=1S/C8H6BrNO/c1-10-8-6(9)4-3-5-7(8)11-2/h3-5H,2H3. The Bertz CT molecular complexity index is 303. The van der Waals surface area contributed by atoms with Gasteiger partial charge >= 0.3 is 0 Å². The summed E-state index contributed by atoms with van der Waals surface area (Å²) in [4.78, 5) is 3.32. The van der Waals surface area contributed by atoms with E-state index in [1.54, 1.807) is 13.2 Å². The molecule has 0 saturated heterocycles. The molecule has 0 atom stereocenters. The van der Waals surface area contributed by atoms with Gasteiger partial charge in [0, 0.05) is 4.47 Å². The molecule has 0 aromatic heterocycles. The highest BCUT2D eigenvalue weighted by molar-refractivity contribution is 9.10. The highest BCUT2D eigenvalue weighted by Crippen LogP contribution is 2.34. The first-order chi connectivity index (χ1) is 5.29. The van der Waals surface area contributed by atoms with Crippen molar-refractivity contribution in [2.45, 2.75) is 0 Å². The SMILES string of the molecule is [C-]#[N+]c1c(Br)cccc1OC. The van der Waals surface area contributed by atoms with Crippen LogP contribution in [0.2, 0.25) is 0 Å². The molecule has 0 bridgehead atoms. The zero-order chi connectivity index (χ0) is 8.27. The van der Waals surface area contributed by atoms with Crippen LogP contribution in [0.1, 0.15) is 0 Å². The molecule has 0 amide bonds. The summed E-state index contributed by atoms with van der Waals surface area (Å²) in [6.07, 6.45) is 0. The number of hydrogen-bond acceptors (Lipinski definition) is 1. The molecule has 0 aliphatic rings. The molecule has 1 aromatic rings. The summed E-state index contributed by atoms with van der Waals surface area (Å²) >= 11 is 3.25. The van der Waals surface area contributed by atoms with Gasteiger partial charge in [-0.25, -0.2) is 4.85 Å². The second-order valence-corrected chi connectivity index (χ2v) is 2.76. The van der Waals surface area contributed by atoms with Crippen LogP contribution < -0.4 is 4.74 Å². The molecule has 3 heteroatoms. The van der Waals surface area contributed by atoms with E-state index in [9.17, 15) is 0 Å². The van der Waals surface area contributed by atoms with E-state index in [4.69, 9.17) is 11.3 Å². The van der Waals surface area contributed by atoms with Crippen molar-refractivity contribution in [1.82, 2.24) is 0 Å². The van der Waals surface area contributed by atoms with Crippen molar-refractivity contribution in [3.05, 3.63) is 34.1 Å². The fraction of sp³-hybridized carbons (Fsp3) is 0.125. The van der Waals surface area contributed by atoms with Crippen LogP contribution in [-0.4, -0.2) is 7.11 Å². The Kier molecular flexibility index (Phi) is 2.50. The number of nitrogens with zero attached hydrogens (tertiary/aromatic N) is 1. The zero-order valence-corrected chi connectivity index (χ0v) is 7.55. The third kappa shape index (κ3) is 1.52. The Morgan fingerprint density at radius 1 is 1.55 bits per heavy atom. The second-order valence-electron chi connectivity index (χ2n) is 1.90. The molecule has 0 radical (unpaired) electrons. The molecule has 56 valence electrons. The zero-order valence-electron chi connectivity index (χ0n) is 5.97. The summed E-state index contributed by atoms with van der Waals surface area (Å²) in [5.74, 6) is 0.606. The van der Waals surface area contributed by atoms with E-state index in [0.717, 1.165) is 4.47 Å². The fourth-order valence-electron chi connectivity index (χ4n) is 0.769. The third-order valence-corrected chi connectivity index (χ3v) is 1.92. The summed E-state index contributed by atoms with van der Waals surface area (Å²) in [6, 6.07) is 5.41. The molecule has 0 aliphatic carbocycles. The van der Waals surface area contributed by atoms with Crippen molar-refractivity contribution in [1.29, 1.82) is 0 Å². The number of benzene rings is 1. The molecule has 11 heavy (non-hydrogen) atoms. The lowest BCUT2D eigenvalue weighted by Gasteiger charge is -2.02. The maximum Gasteiger partial charge on any atom is 0.241 e. The van der Waals surface area contributed by atoms with E-state index in [-0.39, 0.29) is 0 Å². The molecule has 1 aromatic carbocycles. The lowest BCUT2D eigenvalue weighted by molar-refractivity contribution is 0.417. The molecule has 1 rings (SSSR count). The predicted octanol–water partition coefficient (Wildman–Crippen LogP) is 3.01. The molecule has 2 nitrogen and oxygen atoms in total. The molecule has 0 heterocycles. The predicted molar refractivity (Wildman–Crippen MR) is 47.0 cm³/mol. The van der Waals surface area contributed by atoms with Crippen LogP contribution in [0.4, 0.5) is 5.69 Å². The minimum absolute atomic E-state index is 0.523. The van der Waals surface area contributed by atoms with Gasteiger partial charge < -0.3 is 4.74 Å². The van der Waals surface area contributed by atoms with E-state index < -0.39 is 0 Å². The van der Waals surface area contributed by atoms with Gasteiger partial charge in [-0.05, 0) is 6.07 Å². The molecule has 0 N–H and O–H groups in total. The number of methoxy groups -OCH3 is 1. The molecule has 0 aliphatic heterocycles. The van der Waals surface area contributed by atoms with Crippen LogP contribution in [0.3, 0.4) is 0 Å². The van der Waals surface area contributed by atoms with Crippen LogP contribution in [0, 0.1) is 6.57 Å². The number of rotatable bonds is 1. The van der Waals surface area contributed by atoms with E-state index >= 15 is 0 Å². The third-order valence-electron chi connectivity index (χ3n) is 1.28.